The van der Waals surface area contributed by atoms with E-state index in [1.54, 1.807) is 12.1 Å². The highest BCUT2D eigenvalue weighted by molar-refractivity contribution is 6.04. The molecule has 2 heterocycles. The zero-order valence-electron chi connectivity index (χ0n) is 14.4. The van der Waals surface area contributed by atoms with E-state index in [4.69, 9.17) is 9.47 Å². The maximum Gasteiger partial charge on any atom is 0.339 e. The van der Waals surface area contributed by atoms with Crippen LogP contribution in [0.1, 0.15) is 21.5 Å². The van der Waals surface area contributed by atoms with E-state index >= 15 is 0 Å². The molecule has 146 valence electrons. The van der Waals surface area contributed by atoms with E-state index in [9.17, 15) is 35.1 Å². The lowest BCUT2D eigenvalue weighted by Crippen LogP contribution is -2.49. The van der Waals surface area contributed by atoms with Gasteiger partial charge in [0.2, 0.25) is 28.8 Å². The number of hydrogen-bond acceptors (Lipinski definition) is 9. The first-order chi connectivity index (χ1) is 13.8. The zero-order chi connectivity index (χ0) is 20.7. The van der Waals surface area contributed by atoms with Crippen LogP contribution in [0.25, 0.3) is 0 Å². The lowest BCUT2D eigenvalue weighted by Gasteiger charge is -2.42. The molecule has 0 radical (unpaired) electrons. The normalized spacial score (nSPS) is 24.8. The minimum atomic E-state index is -1.92. The second-order valence-electron chi connectivity index (χ2n) is 6.79. The molecule has 1 aliphatic carbocycles. The molecular weight excluding hydrogens is 384 g/mol. The van der Waals surface area contributed by atoms with Crippen molar-refractivity contribution in [2.24, 2.45) is 5.92 Å². The summed E-state index contributed by atoms with van der Waals surface area (Å²) in [6, 6.07) is 8.62. The van der Waals surface area contributed by atoms with Crippen LogP contribution in [0.4, 0.5) is 0 Å². The van der Waals surface area contributed by atoms with Crippen LogP contribution in [0, 0.1) is 5.92 Å². The Balaban J connectivity index is 1.94. The third kappa shape index (κ3) is 1.83. The molecule has 0 saturated heterocycles. The number of phenolic OH excluding ortho intramolecular Hbond substituents is 2. The van der Waals surface area contributed by atoms with E-state index in [-0.39, 0.29) is 22.4 Å². The first-order valence-electron chi connectivity index (χ1n) is 8.45. The van der Waals surface area contributed by atoms with Gasteiger partial charge in [-0.3, -0.25) is 4.79 Å². The van der Waals surface area contributed by atoms with Gasteiger partial charge in [0.1, 0.15) is 5.92 Å². The summed E-state index contributed by atoms with van der Waals surface area (Å²) in [7, 11) is 0. The quantitative estimate of drug-likeness (QED) is 0.333. The molecule has 2 aromatic rings. The van der Waals surface area contributed by atoms with Gasteiger partial charge in [-0.1, -0.05) is 18.2 Å². The standard InChI is InChI=1S/C20H12O9/c21-10-6-5-9-17(12(10)22)28-18-11(13(23)14(24)15(25)16(18)26)20(9)8-4-2-1-3-7(8)19(27)29-20/h1-6,11,21-22,24-26H. The summed E-state index contributed by atoms with van der Waals surface area (Å²) in [6.07, 6.45) is 0. The van der Waals surface area contributed by atoms with Gasteiger partial charge in [-0.15, -0.1) is 0 Å². The monoisotopic (exact) mass is 396 g/mol. The minimum Gasteiger partial charge on any atom is -0.504 e. The fourth-order valence-electron chi connectivity index (χ4n) is 4.09. The Kier molecular flexibility index (Phi) is 3.06. The summed E-state index contributed by atoms with van der Waals surface area (Å²) >= 11 is 0. The number of hydrogen-bond donors (Lipinski definition) is 5. The van der Waals surface area contributed by atoms with Crippen molar-refractivity contribution in [1.29, 1.82) is 0 Å². The SMILES string of the molecule is O=C1OC2(c3ccccc31)c1ccc(O)c(O)c1OC1=C(O)C(O)=C(O)C(=O)C12. The van der Waals surface area contributed by atoms with Gasteiger partial charge in [-0.05, 0) is 18.2 Å². The van der Waals surface area contributed by atoms with E-state index in [0.717, 1.165) is 6.07 Å². The van der Waals surface area contributed by atoms with Crippen LogP contribution >= 0.6 is 0 Å². The van der Waals surface area contributed by atoms with E-state index in [0.29, 0.717) is 0 Å². The predicted molar refractivity (Wildman–Crippen MR) is 93.5 cm³/mol. The largest absolute Gasteiger partial charge is 0.504 e. The second kappa shape index (κ2) is 5.22. The third-order valence-corrected chi connectivity index (χ3v) is 5.37. The zero-order valence-corrected chi connectivity index (χ0v) is 14.4. The Labute approximate surface area is 162 Å². The number of esters is 1. The maximum atomic E-state index is 13.0. The molecule has 0 amide bonds. The average molecular weight is 396 g/mol. The number of rotatable bonds is 0. The second-order valence-corrected chi connectivity index (χ2v) is 6.79. The number of Topliss-reactive ketones (excluding diaryl/α,β-unsaturated/α-hetero) is 1. The van der Waals surface area contributed by atoms with Crippen LogP contribution in [0.5, 0.6) is 17.2 Å². The molecule has 9 nitrogen and oxygen atoms in total. The van der Waals surface area contributed by atoms with Crippen LogP contribution in [0.2, 0.25) is 0 Å². The molecule has 9 heteroatoms. The lowest BCUT2D eigenvalue weighted by atomic mass is 9.69. The molecule has 2 aromatic carbocycles. The third-order valence-electron chi connectivity index (χ3n) is 5.37. The molecule has 2 unspecified atom stereocenters. The van der Waals surface area contributed by atoms with Crippen LogP contribution in [-0.4, -0.2) is 37.3 Å². The highest BCUT2D eigenvalue weighted by Crippen LogP contribution is 2.60. The Morgan fingerprint density at radius 3 is 2.31 bits per heavy atom. The van der Waals surface area contributed by atoms with Gasteiger partial charge in [0.25, 0.3) is 0 Å². The number of aromatic hydroxyl groups is 2. The number of aliphatic hydroxyl groups excluding tert-OH is 3. The molecule has 2 aliphatic heterocycles. The number of fused-ring (bicyclic) bond motifs is 6. The predicted octanol–water partition coefficient (Wildman–Crippen LogP) is 2.20. The van der Waals surface area contributed by atoms with E-state index in [1.807, 2.05) is 0 Å². The van der Waals surface area contributed by atoms with Gasteiger partial charge in [-0.25, -0.2) is 4.79 Å². The summed E-state index contributed by atoms with van der Waals surface area (Å²) < 4.78 is 11.1. The topological polar surface area (TPSA) is 154 Å². The number of carbonyl (C=O) groups excluding carboxylic acids is 2. The molecule has 1 spiro atoms. The lowest BCUT2D eigenvalue weighted by molar-refractivity contribution is -0.130. The number of carbonyl (C=O) groups is 2. The molecule has 3 aliphatic rings. The smallest absolute Gasteiger partial charge is 0.339 e. The van der Waals surface area contributed by atoms with Gasteiger partial charge >= 0.3 is 5.97 Å². The fourth-order valence-corrected chi connectivity index (χ4v) is 4.09. The van der Waals surface area contributed by atoms with Crippen molar-refractivity contribution in [3.05, 3.63) is 76.1 Å². The van der Waals surface area contributed by atoms with Crippen molar-refractivity contribution in [1.82, 2.24) is 0 Å². The Hall–Kier alpha value is -4.14. The van der Waals surface area contributed by atoms with Crippen molar-refractivity contribution < 1.29 is 44.6 Å². The van der Waals surface area contributed by atoms with Gasteiger partial charge in [0, 0.05) is 11.1 Å². The summed E-state index contributed by atoms with van der Waals surface area (Å²) in [4.78, 5) is 25.6. The van der Waals surface area contributed by atoms with Crippen LogP contribution < -0.4 is 4.74 Å². The summed E-state index contributed by atoms with van der Waals surface area (Å²) in [6.45, 7) is 0. The van der Waals surface area contributed by atoms with Crippen LogP contribution in [-0.2, 0) is 15.1 Å². The summed E-state index contributed by atoms with van der Waals surface area (Å²) in [5.74, 6) is -8.78. The first-order valence-corrected chi connectivity index (χ1v) is 8.45. The van der Waals surface area contributed by atoms with E-state index < -0.39 is 57.8 Å². The van der Waals surface area contributed by atoms with Crippen molar-refractivity contribution in [2.75, 3.05) is 0 Å². The molecule has 0 bridgehead atoms. The Morgan fingerprint density at radius 1 is 0.828 bits per heavy atom. The van der Waals surface area contributed by atoms with Gasteiger partial charge in [-0.2, -0.15) is 0 Å². The van der Waals surface area contributed by atoms with Crippen molar-refractivity contribution in [2.45, 2.75) is 5.60 Å². The fraction of sp³-hybridized carbons (Fsp3) is 0.100. The highest BCUT2D eigenvalue weighted by Gasteiger charge is 2.63. The Bertz CT molecular complexity index is 1210. The summed E-state index contributed by atoms with van der Waals surface area (Å²) in [5.41, 5.74) is -1.52. The number of ether oxygens (including phenoxy) is 2. The van der Waals surface area contributed by atoms with Gasteiger partial charge in [0.15, 0.2) is 22.9 Å². The molecule has 5 N–H and O–H groups in total. The number of ketones is 1. The Morgan fingerprint density at radius 2 is 1.55 bits per heavy atom. The highest BCUT2D eigenvalue weighted by atomic mass is 16.6. The van der Waals surface area contributed by atoms with Gasteiger partial charge in [0.05, 0.1) is 5.56 Å². The first kappa shape index (κ1) is 17.0. The minimum absolute atomic E-state index is 0.0233. The van der Waals surface area contributed by atoms with E-state index in [2.05, 4.69) is 0 Å². The van der Waals surface area contributed by atoms with Crippen molar-refractivity contribution in [3.8, 4) is 17.2 Å². The van der Waals surface area contributed by atoms with Crippen molar-refractivity contribution >= 4 is 11.8 Å². The van der Waals surface area contributed by atoms with Crippen LogP contribution in [0.15, 0.2) is 59.4 Å². The summed E-state index contributed by atoms with van der Waals surface area (Å²) in [5, 5.41) is 50.5. The molecule has 29 heavy (non-hydrogen) atoms. The number of allylic oxidation sites excluding steroid dienone is 1. The molecular formula is C20H12O9. The number of benzene rings is 2. The molecule has 2 atom stereocenters. The van der Waals surface area contributed by atoms with Crippen molar-refractivity contribution in [3.63, 3.8) is 0 Å². The number of aliphatic hydroxyl groups is 3. The van der Waals surface area contributed by atoms with Crippen LogP contribution in [0.3, 0.4) is 0 Å². The molecule has 0 aromatic heterocycles. The number of phenols is 2. The molecule has 5 rings (SSSR count). The van der Waals surface area contributed by atoms with E-state index in [1.165, 1.54) is 18.2 Å². The maximum absolute atomic E-state index is 13.0. The average Bonchev–Trinajstić information content (AvgIpc) is 3.01. The molecule has 0 fully saturated rings. The molecule has 0 saturated carbocycles. The van der Waals surface area contributed by atoms with Gasteiger partial charge < -0.3 is 35.0 Å².